The molecule has 5 nitrogen and oxygen atoms in total. The lowest BCUT2D eigenvalue weighted by molar-refractivity contribution is -0.130. The number of amides is 1. The predicted octanol–water partition coefficient (Wildman–Crippen LogP) is 6.45. The highest BCUT2D eigenvalue weighted by Gasteiger charge is 2.43. The van der Waals surface area contributed by atoms with Crippen molar-refractivity contribution < 1.29 is 19.8 Å². The molecule has 39 heavy (non-hydrogen) atoms. The van der Waals surface area contributed by atoms with Gasteiger partial charge in [-0.15, -0.1) is 6.58 Å². The quantitative estimate of drug-likeness (QED) is 0.200. The van der Waals surface area contributed by atoms with Gasteiger partial charge < -0.3 is 15.1 Å². The third-order valence-corrected chi connectivity index (χ3v) is 9.01. The second kappa shape index (κ2) is 13.7. The van der Waals surface area contributed by atoms with Crippen molar-refractivity contribution in [2.24, 2.45) is 5.41 Å². The van der Waals surface area contributed by atoms with Crippen LogP contribution >= 0.6 is 0 Å². The second-order valence-electron chi connectivity index (χ2n) is 12.6. The maximum atomic E-state index is 13.6. The molecule has 214 valence electrons. The minimum atomic E-state index is -0.652. The molecular weight excluding hydrogens is 486 g/mol. The molecule has 0 bridgehead atoms. The van der Waals surface area contributed by atoms with Crippen molar-refractivity contribution in [1.82, 2.24) is 4.90 Å². The number of benzene rings is 1. The van der Waals surface area contributed by atoms with Crippen LogP contribution in [0.3, 0.4) is 0 Å². The van der Waals surface area contributed by atoms with Crippen molar-refractivity contribution >= 4 is 11.7 Å². The van der Waals surface area contributed by atoms with Gasteiger partial charge in [0.15, 0.2) is 5.78 Å². The van der Waals surface area contributed by atoms with Crippen molar-refractivity contribution in [3.63, 3.8) is 0 Å². The van der Waals surface area contributed by atoms with Crippen LogP contribution < -0.4 is 0 Å². The summed E-state index contributed by atoms with van der Waals surface area (Å²) in [5.41, 5.74) is 2.42. The number of hydrogen-bond donors (Lipinski definition) is 2. The molecule has 0 saturated heterocycles. The lowest BCUT2D eigenvalue weighted by atomic mass is 9.59. The molecule has 0 unspecified atom stereocenters. The number of aliphatic hydroxyl groups is 2. The summed E-state index contributed by atoms with van der Waals surface area (Å²) in [5, 5.41) is 19.5. The zero-order valence-corrected chi connectivity index (χ0v) is 24.2. The fourth-order valence-electron chi connectivity index (χ4n) is 6.31. The zero-order chi connectivity index (χ0) is 28.5. The average molecular weight is 536 g/mol. The standard InChI is InChI=1S/C34H49NO4/c1-27(2)25-33(29-11-6-5-7-12-29)21-19-32(4,20-22-33)26-35(23-15-30(37)13-8-9-24-36)31(38)28(3)14-18-34(39)16-10-17-34/h5-8,11-13,36,39H,1,3,9-10,14-26H2,2,4H3/b13-8+/t32-,33+. The molecule has 1 aromatic rings. The molecule has 2 saturated carbocycles. The van der Waals surface area contributed by atoms with Crippen molar-refractivity contribution in [2.45, 2.75) is 102 Å². The molecular formula is C34H49NO4. The van der Waals surface area contributed by atoms with E-state index >= 15 is 0 Å². The van der Waals surface area contributed by atoms with Gasteiger partial charge in [0.1, 0.15) is 0 Å². The van der Waals surface area contributed by atoms with Gasteiger partial charge in [-0.05, 0) is 100 Å². The van der Waals surface area contributed by atoms with E-state index in [4.69, 9.17) is 5.11 Å². The van der Waals surface area contributed by atoms with Gasteiger partial charge in [0.2, 0.25) is 5.91 Å². The van der Waals surface area contributed by atoms with E-state index in [1.807, 2.05) is 4.90 Å². The first-order valence-corrected chi connectivity index (χ1v) is 14.7. The fourth-order valence-corrected chi connectivity index (χ4v) is 6.31. The van der Waals surface area contributed by atoms with Gasteiger partial charge in [0, 0.05) is 31.7 Å². The van der Waals surface area contributed by atoms with Crippen LogP contribution in [0, 0.1) is 5.41 Å². The molecule has 2 aliphatic rings. The van der Waals surface area contributed by atoms with Crippen LogP contribution in [0.5, 0.6) is 0 Å². The Morgan fingerprint density at radius 3 is 2.26 bits per heavy atom. The van der Waals surface area contributed by atoms with E-state index in [2.05, 4.69) is 57.3 Å². The zero-order valence-electron chi connectivity index (χ0n) is 24.2. The SMILES string of the molecule is C=C(C)C[C@]1(c2ccccc2)CC[C@@](C)(CN(CCC(=O)/C=C/CCO)C(=O)C(=C)CCC2(O)CCC2)CC1. The molecule has 0 spiro atoms. The molecule has 0 atom stereocenters. The number of nitrogens with zero attached hydrogens (tertiary/aromatic N) is 1. The molecule has 2 aliphatic carbocycles. The van der Waals surface area contributed by atoms with Crippen LogP contribution in [-0.4, -0.2) is 52.1 Å². The monoisotopic (exact) mass is 535 g/mol. The van der Waals surface area contributed by atoms with E-state index in [1.165, 1.54) is 17.2 Å². The minimum absolute atomic E-state index is 0.00870. The summed E-state index contributed by atoms with van der Waals surface area (Å²) in [6.07, 6.45) is 12.5. The van der Waals surface area contributed by atoms with Crippen LogP contribution in [0.15, 0.2) is 66.8 Å². The summed E-state index contributed by atoms with van der Waals surface area (Å²) < 4.78 is 0. The Bertz CT molecular complexity index is 1030. The van der Waals surface area contributed by atoms with Crippen molar-refractivity contribution in [3.05, 3.63) is 72.4 Å². The van der Waals surface area contributed by atoms with Crippen LogP contribution in [0.1, 0.15) is 96.5 Å². The average Bonchev–Trinajstić information content (AvgIpc) is 2.90. The summed E-state index contributed by atoms with van der Waals surface area (Å²) in [7, 11) is 0. The summed E-state index contributed by atoms with van der Waals surface area (Å²) in [6.45, 7) is 13.6. The van der Waals surface area contributed by atoms with Gasteiger partial charge in [0.05, 0.1) is 5.60 Å². The summed E-state index contributed by atoms with van der Waals surface area (Å²) >= 11 is 0. The molecule has 0 radical (unpaired) electrons. The Labute approximate surface area is 235 Å². The number of allylic oxidation sites excluding steroid dienone is 2. The van der Waals surface area contributed by atoms with Crippen molar-refractivity contribution in [3.8, 4) is 0 Å². The number of ketones is 1. The lowest BCUT2D eigenvalue weighted by Crippen LogP contribution is -2.45. The minimum Gasteiger partial charge on any atom is -0.396 e. The first kappa shape index (κ1) is 31.0. The van der Waals surface area contributed by atoms with Gasteiger partial charge in [-0.3, -0.25) is 9.59 Å². The second-order valence-corrected chi connectivity index (χ2v) is 12.6. The van der Waals surface area contributed by atoms with Crippen LogP contribution in [0.4, 0.5) is 0 Å². The molecule has 5 heteroatoms. The van der Waals surface area contributed by atoms with Gasteiger partial charge in [-0.1, -0.05) is 55.5 Å². The molecule has 2 N–H and O–H groups in total. The number of carbonyl (C=O) groups excluding carboxylic acids is 2. The summed E-state index contributed by atoms with van der Waals surface area (Å²) in [6, 6.07) is 10.8. The number of hydrogen-bond acceptors (Lipinski definition) is 4. The van der Waals surface area contributed by atoms with E-state index in [0.29, 0.717) is 37.9 Å². The lowest BCUT2D eigenvalue weighted by Gasteiger charge is -2.47. The van der Waals surface area contributed by atoms with E-state index < -0.39 is 5.60 Å². The Balaban J connectivity index is 1.71. The molecule has 1 amide bonds. The number of aliphatic hydroxyl groups excluding tert-OH is 1. The highest BCUT2D eigenvalue weighted by Crippen LogP contribution is 2.50. The van der Waals surface area contributed by atoms with E-state index in [-0.39, 0.29) is 35.5 Å². The van der Waals surface area contributed by atoms with Crippen molar-refractivity contribution in [2.75, 3.05) is 19.7 Å². The van der Waals surface area contributed by atoms with E-state index in [9.17, 15) is 14.7 Å². The summed E-state index contributed by atoms with van der Waals surface area (Å²) in [5.74, 6) is -0.151. The number of carbonyl (C=O) groups is 2. The fraction of sp³-hybridized carbons (Fsp3) is 0.588. The van der Waals surface area contributed by atoms with Gasteiger partial charge in [-0.25, -0.2) is 0 Å². The topological polar surface area (TPSA) is 77.8 Å². The maximum Gasteiger partial charge on any atom is 0.249 e. The Morgan fingerprint density at radius 2 is 1.69 bits per heavy atom. The highest BCUT2D eigenvalue weighted by atomic mass is 16.3. The van der Waals surface area contributed by atoms with Gasteiger partial charge in [-0.2, -0.15) is 0 Å². The maximum absolute atomic E-state index is 13.6. The normalized spacial score (nSPS) is 24.2. The predicted molar refractivity (Wildman–Crippen MR) is 158 cm³/mol. The first-order valence-electron chi connectivity index (χ1n) is 14.7. The Morgan fingerprint density at radius 1 is 1.03 bits per heavy atom. The first-order chi connectivity index (χ1) is 18.5. The van der Waals surface area contributed by atoms with Gasteiger partial charge in [0.25, 0.3) is 0 Å². The highest BCUT2D eigenvalue weighted by molar-refractivity contribution is 5.94. The van der Waals surface area contributed by atoms with Crippen LogP contribution in [-0.2, 0) is 15.0 Å². The number of rotatable bonds is 15. The third-order valence-electron chi connectivity index (χ3n) is 9.01. The molecule has 2 fully saturated rings. The molecule has 0 heterocycles. The molecule has 0 aliphatic heterocycles. The Hall–Kier alpha value is -2.50. The molecule has 1 aromatic carbocycles. The smallest absolute Gasteiger partial charge is 0.249 e. The third kappa shape index (κ3) is 8.74. The molecule has 3 rings (SSSR count). The Kier molecular flexibility index (Phi) is 10.9. The largest absolute Gasteiger partial charge is 0.396 e. The molecule has 0 aromatic heterocycles. The van der Waals surface area contributed by atoms with E-state index in [1.54, 1.807) is 6.08 Å². The van der Waals surface area contributed by atoms with E-state index in [0.717, 1.165) is 51.4 Å². The van der Waals surface area contributed by atoms with Crippen molar-refractivity contribution in [1.29, 1.82) is 0 Å². The van der Waals surface area contributed by atoms with Gasteiger partial charge >= 0.3 is 0 Å². The summed E-state index contributed by atoms with van der Waals surface area (Å²) in [4.78, 5) is 27.9. The van der Waals surface area contributed by atoms with Crippen LogP contribution in [0.2, 0.25) is 0 Å². The van der Waals surface area contributed by atoms with Crippen LogP contribution in [0.25, 0.3) is 0 Å².